The summed E-state index contributed by atoms with van der Waals surface area (Å²) in [6, 6.07) is 14.4. The second-order valence-corrected chi connectivity index (χ2v) is 22.5. The summed E-state index contributed by atoms with van der Waals surface area (Å²) in [6.07, 6.45) is 0. The van der Waals surface area contributed by atoms with Gasteiger partial charge in [-0.3, -0.25) is 14.4 Å². The monoisotopic (exact) mass is 1400 g/mol. The van der Waals surface area contributed by atoms with Crippen LogP contribution >= 0.6 is 142 Å². The molecule has 66 heavy (non-hydrogen) atoms. The van der Waals surface area contributed by atoms with Gasteiger partial charge >= 0.3 is 23.2 Å². The van der Waals surface area contributed by atoms with Crippen LogP contribution in [0.5, 0.6) is 0 Å². The Labute approximate surface area is 431 Å². The van der Waals surface area contributed by atoms with Crippen LogP contribution in [0, 0.1) is 26.6 Å². The molecule has 0 saturated heterocycles. The number of hydrogen-bond acceptors (Lipinski definition) is 9. The Morgan fingerprint density at radius 2 is 0.773 bits per heavy atom. The second-order valence-electron chi connectivity index (χ2n) is 12.9. The van der Waals surface area contributed by atoms with Crippen molar-refractivity contribution < 1.29 is 61.8 Å². The number of benzene rings is 3. The Kier molecular flexibility index (Phi) is 19.2. The molecule has 3 aromatic heterocycles. The van der Waals surface area contributed by atoms with Crippen molar-refractivity contribution in [3.63, 3.8) is 0 Å². The van der Waals surface area contributed by atoms with Crippen LogP contribution in [0.2, 0.25) is 10.0 Å². The van der Waals surface area contributed by atoms with Crippen LogP contribution < -0.4 is 16.0 Å². The topological polar surface area (TPSA) is 313 Å². The molecular weight excluding hydrogens is 1380 g/mol. The lowest BCUT2D eigenvalue weighted by Gasteiger charge is -2.06. The predicted molar refractivity (Wildman–Crippen MR) is 263 cm³/mol. The molecule has 0 aliphatic heterocycles. The summed E-state index contributed by atoms with van der Waals surface area (Å²) in [4.78, 5) is 91.4. The molecule has 0 saturated carbocycles. The SMILES string of the molecule is Cc1ccc(NC(=O)c2nn(P(=O)(O)O)c(Br)c2Br)c(Cl)c1.Cc1ccc(NC(=O)c2nn(P(=O)(O)O)c(Br)c2Br)c(Cl)c1.Cc1ccc(NC(=O)c2nn(P(=O)(O)O)c(Br)c2Br)c(F)c1. The molecule has 354 valence electrons. The zero-order valence-corrected chi connectivity index (χ0v) is 46.5. The number of anilines is 3. The molecule has 0 aliphatic rings. The van der Waals surface area contributed by atoms with Crippen LogP contribution in [0.25, 0.3) is 0 Å². The fourth-order valence-corrected chi connectivity index (χ4v) is 11.3. The van der Waals surface area contributed by atoms with Crippen molar-refractivity contribution in [1.29, 1.82) is 0 Å². The van der Waals surface area contributed by atoms with Crippen LogP contribution in [0.4, 0.5) is 21.5 Å². The van der Waals surface area contributed by atoms with Gasteiger partial charge in [-0.1, -0.05) is 41.4 Å². The molecule has 33 heteroatoms. The number of hydrogen-bond donors (Lipinski definition) is 9. The smallest absolute Gasteiger partial charge is 0.319 e. The molecule has 0 radical (unpaired) electrons. The van der Waals surface area contributed by atoms with Gasteiger partial charge in [-0.2, -0.15) is 28.7 Å². The van der Waals surface area contributed by atoms with Gasteiger partial charge in [0.05, 0.1) is 40.5 Å². The van der Waals surface area contributed by atoms with Crippen LogP contribution in [-0.2, 0) is 13.7 Å². The molecule has 0 spiro atoms. The van der Waals surface area contributed by atoms with Gasteiger partial charge in [0.25, 0.3) is 17.7 Å². The first-order valence-electron chi connectivity index (χ1n) is 17.1. The first-order chi connectivity index (χ1) is 30.3. The third-order valence-electron chi connectivity index (χ3n) is 7.78. The summed E-state index contributed by atoms with van der Waals surface area (Å²) in [5, 5.41) is 18.9. The minimum absolute atomic E-state index is 0.0408. The lowest BCUT2D eigenvalue weighted by Crippen LogP contribution is -2.14. The third kappa shape index (κ3) is 14.1. The normalized spacial score (nSPS) is 11.5. The van der Waals surface area contributed by atoms with Gasteiger partial charge in [0, 0.05) is 0 Å². The molecule has 0 unspecified atom stereocenters. The van der Waals surface area contributed by atoms with Gasteiger partial charge in [0.1, 0.15) is 19.6 Å². The van der Waals surface area contributed by atoms with Gasteiger partial charge in [-0.15, -0.1) is 0 Å². The first-order valence-corrected chi connectivity index (χ1v) is 27.3. The Morgan fingerprint density at radius 3 is 1.02 bits per heavy atom. The molecule has 9 N–H and O–H groups in total. The zero-order chi connectivity index (χ0) is 50.0. The quantitative estimate of drug-likeness (QED) is 0.0608. The molecule has 0 bridgehead atoms. The number of carbonyl (C=O) groups is 3. The average Bonchev–Trinajstić information content (AvgIpc) is 3.80. The number of rotatable bonds is 9. The summed E-state index contributed by atoms with van der Waals surface area (Å²) in [5.74, 6) is -2.77. The molecule has 3 amide bonds. The number of aromatic nitrogens is 6. The standard InChI is InChI=1S/2C11H9Br2ClN3O4P.C11H9Br2FN3O4P/c3*1-5-2-3-7(6(14)4-5)15-11(18)9-8(12)10(13)17(16-9)22(19,20)21/h3*2-4H,1H3,(H,15,18)(H2,19,20,21). The van der Waals surface area contributed by atoms with Gasteiger partial charge in [0.15, 0.2) is 17.1 Å². The lowest BCUT2D eigenvalue weighted by atomic mass is 10.2. The van der Waals surface area contributed by atoms with Crippen molar-refractivity contribution in [2.45, 2.75) is 20.8 Å². The minimum Gasteiger partial charge on any atom is -0.319 e. The van der Waals surface area contributed by atoms with Gasteiger partial charge in [-0.25, -0.2) is 18.1 Å². The van der Waals surface area contributed by atoms with Crippen LogP contribution in [0.15, 0.2) is 81.8 Å². The first kappa shape index (κ1) is 56.1. The highest BCUT2D eigenvalue weighted by atomic mass is 79.9. The fourth-order valence-electron chi connectivity index (χ4n) is 4.77. The van der Waals surface area contributed by atoms with Gasteiger partial charge in [-0.05, 0) is 169 Å². The van der Waals surface area contributed by atoms with E-state index in [2.05, 4.69) is 127 Å². The van der Waals surface area contributed by atoms with Crippen molar-refractivity contribution in [3.05, 3.63) is 131 Å². The van der Waals surface area contributed by atoms with E-state index in [1.807, 2.05) is 13.8 Å². The number of carbonyl (C=O) groups excluding carboxylic acids is 3. The van der Waals surface area contributed by atoms with E-state index >= 15 is 0 Å². The van der Waals surface area contributed by atoms with Gasteiger partial charge in [0.2, 0.25) is 0 Å². The summed E-state index contributed by atoms with van der Waals surface area (Å²) in [6.45, 7) is 5.41. The Balaban J connectivity index is 0.000000216. The van der Waals surface area contributed by atoms with E-state index in [9.17, 15) is 32.5 Å². The summed E-state index contributed by atoms with van der Waals surface area (Å²) in [7, 11) is -14.1. The van der Waals surface area contributed by atoms with E-state index in [0.717, 1.165) is 11.1 Å². The van der Waals surface area contributed by atoms with Gasteiger partial charge < -0.3 is 45.3 Å². The highest BCUT2D eigenvalue weighted by molar-refractivity contribution is 9.13. The second kappa shape index (κ2) is 22.5. The zero-order valence-electron chi connectivity index (χ0n) is 32.8. The van der Waals surface area contributed by atoms with Crippen LogP contribution in [0.1, 0.15) is 48.2 Å². The molecule has 0 atom stereocenters. The number of aryl methyl sites for hydroxylation is 3. The van der Waals surface area contributed by atoms with E-state index in [-0.39, 0.29) is 50.0 Å². The summed E-state index contributed by atoms with van der Waals surface area (Å²) in [5.41, 5.74) is 2.54. The number of nitrogens with one attached hydrogen (secondary N) is 3. The maximum atomic E-state index is 13.7. The molecule has 3 heterocycles. The highest BCUT2D eigenvalue weighted by Crippen LogP contribution is 2.45. The van der Waals surface area contributed by atoms with Crippen LogP contribution in [0.3, 0.4) is 0 Å². The molecule has 0 aliphatic carbocycles. The van der Waals surface area contributed by atoms with Crippen molar-refractivity contribution >= 4 is 177 Å². The van der Waals surface area contributed by atoms with Crippen LogP contribution in [-0.4, -0.2) is 75.7 Å². The Morgan fingerprint density at radius 1 is 0.515 bits per heavy atom. The Bertz CT molecular complexity index is 2740. The van der Waals surface area contributed by atoms with Crippen molar-refractivity contribution in [3.8, 4) is 0 Å². The lowest BCUT2D eigenvalue weighted by molar-refractivity contribution is 0.101. The molecular formula is C33H27Br6Cl2FN9O12P3. The molecule has 21 nitrogen and oxygen atoms in total. The van der Waals surface area contributed by atoms with Crippen molar-refractivity contribution in [1.82, 2.24) is 28.7 Å². The maximum absolute atomic E-state index is 13.7. The molecule has 6 aromatic rings. The van der Waals surface area contributed by atoms with E-state index < -0.39 is 46.8 Å². The fraction of sp³-hybridized carbons (Fsp3) is 0.0909. The highest BCUT2D eigenvalue weighted by Gasteiger charge is 2.31. The average molecular weight is 1400 g/mol. The minimum atomic E-state index is -4.73. The number of nitrogens with zero attached hydrogens (tertiary/aromatic N) is 6. The molecule has 6 rings (SSSR count). The largest absolute Gasteiger partial charge is 0.450 e. The van der Waals surface area contributed by atoms with E-state index in [1.165, 1.54) is 12.1 Å². The van der Waals surface area contributed by atoms with Crippen molar-refractivity contribution in [2.75, 3.05) is 16.0 Å². The Hall–Kier alpha value is -2.46. The van der Waals surface area contributed by atoms with E-state index in [1.54, 1.807) is 49.4 Å². The van der Waals surface area contributed by atoms with E-state index in [4.69, 9.17) is 52.6 Å². The number of halogens is 9. The summed E-state index contributed by atoms with van der Waals surface area (Å²) < 4.78 is 48.8. The maximum Gasteiger partial charge on any atom is 0.450 e. The van der Waals surface area contributed by atoms with Crippen molar-refractivity contribution in [2.24, 2.45) is 0 Å². The third-order valence-corrected chi connectivity index (χ3v) is 17.6. The molecule has 3 aromatic carbocycles. The predicted octanol–water partition coefficient (Wildman–Crippen LogP) is 10.2. The summed E-state index contributed by atoms with van der Waals surface area (Å²) >= 11 is 30.1. The van der Waals surface area contributed by atoms with E-state index in [0.29, 0.717) is 40.3 Å². The molecule has 0 fully saturated rings. The number of amides is 3.